The van der Waals surface area contributed by atoms with Crippen LogP contribution in [-0.4, -0.2) is 16.1 Å². The van der Waals surface area contributed by atoms with Crippen molar-refractivity contribution >= 4 is 28.0 Å². The molecule has 1 heterocycles. The topological polar surface area (TPSA) is 59.4 Å². The standard InChI is InChI=1S/C15H12BrNO3/c16-14-3-2-13(9-12(14)1-4-15(18)19)20-10-11-5-7-17-8-6-11/h1-9H,10H2,(H,18,19)/b4-1+. The van der Waals surface area contributed by atoms with Gasteiger partial charge in [-0.3, -0.25) is 4.98 Å². The van der Waals surface area contributed by atoms with Crippen molar-refractivity contribution < 1.29 is 14.6 Å². The number of ether oxygens (including phenoxy) is 1. The van der Waals surface area contributed by atoms with Crippen molar-refractivity contribution in [2.75, 3.05) is 0 Å². The van der Waals surface area contributed by atoms with E-state index in [0.29, 0.717) is 12.4 Å². The maximum atomic E-state index is 10.5. The zero-order chi connectivity index (χ0) is 14.4. The van der Waals surface area contributed by atoms with Gasteiger partial charge in [0.2, 0.25) is 0 Å². The monoisotopic (exact) mass is 333 g/mol. The molecule has 0 aliphatic heterocycles. The number of aromatic nitrogens is 1. The Kier molecular flexibility index (Phi) is 4.90. The predicted octanol–water partition coefficient (Wildman–Crippen LogP) is 3.52. The van der Waals surface area contributed by atoms with E-state index in [1.807, 2.05) is 24.3 Å². The van der Waals surface area contributed by atoms with Gasteiger partial charge in [0.15, 0.2) is 0 Å². The Morgan fingerprint density at radius 2 is 2.05 bits per heavy atom. The summed E-state index contributed by atoms with van der Waals surface area (Å²) in [5, 5.41) is 8.65. The fourth-order valence-corrected chi connectivity index (χ4v) is 1.92. The number of carbonyl (C=O) groups is 1. The van der Waals surface area contributed by atoms with Gasteiger partial charge in [-0.1, -0.05) is 15.9 Å². The van der Waals surface area contributed by atoms with E-state index in [0.717, 1.165) is 21.7 Å². The van der Waals surface area contributed by atoms with Gasteiger partial charge in [-0.15, -0.1) is 0 Å². The highest BCUT2D eigenvalue weighted by Crippen LogP contribution is 2.24. The van der Waals surface area contributed by atoms with Gasteiger partial charge in [0.05, 0.1) is 0 Å². The third-order valence-corrected chi connectivity index (χ3v) is 3.25. The molecule has 2 rings (SSSR count). The van der Waals surface area contributed by atoms with Crippen LogP contribution in [-0.2, 0) is 11.4 Å². The lowest BCUT2D eigenvalue weighted by Gasteiger charge is -2.08. The summed E-state index contributed by atoms with van der Waals surface area (Å²) in [5.41, 5.74) is 1.77. The second-order valence-electron chi connectivity index (χ2n) is 4.00. The van der Waals surface area contributed by atoms with Gasteiger partial charge in [-0.2, -0.15) is 0 Å². The molecule has 1 aromatic carbocycles. The van der Waals surface area contributed by atoms with Gasteiger partial charge in [-0.05, 0) is 47.5 Å². The third-order valence-electron chi connectivity index (χ3n) is 2.53. The van der Waals surface area contributed by atoms with Gasteiger partial charge >= 0.3 is 5.97 Å². The van der Waals surface area contributed by atoms with E-state index in [1.165, 1.54) is 6.08 Å². The molecule has 0 bridgehead atoms. The summed E-state index contributed by atoms with van der Waals surface area (Å²) in [6, 6.07) is 9.19. The molecule has 1 N–H and O–H groups in total. The zero-order valence-corrected chi connectivity index (χ0v) is 12.1. The number of halogens is 1. The Morgan fingerprint density at radius 3 is 2.75 bits per heavy atom. The summed E-state index contributed by atoms with van der Waals surface area (Å²) in [5.74, 6) is -0.310. The molecule has 0 amide bonds. The third kappa shape index (κ3) is 4.20. The van der Waals surface area contributed by atoms with Crippen molar-refractivity contribution in [2.24, 2.45) is 0 Å². The first kappa shape index (κ1) is 14.3. The van der Waals surface area contributed by atoms with E-state index in [-0.39, 0.29) is 0 Å². The van der Waals surface area contributed by atoms with E-state index in [9.17, 15) is 4.79 Å². The van der Waals surface area contributed by atoms with Gasteiger partial charge in [0.25, 0.3) is 0 Å². The number of carboxylic acid groups (broad SMARTS) is 1. The first-order valence-corrected chi connectivity index (χ1v) is 6.67. The van der Waals surface area contributed by atoms with Gasteiger partial charge in [0.1, 0.15) is 12.4 Å². The maximum absolute atomic E-state index is 10.5. The fraction of sp³-hybridized carbons (Fsp3) is 0.0667. The Labute approximate surface area is 124 Å². The van der Waals surface area contributed by atoms with Crippen LogP contribution in [0.15, 0.2) is 53.3 Å². The van der Waals surface area contributed by atoms with Crippen molar-refractivity contribution in [3.05, 3.63) is 64.4 Å². The molecular weight excluding hydrogens is 322 g/mol. The van der Waals surface area contributed by atoms with Crippen molar-refractivity contribution in [2.45, 2.75) is 6.61 Å². The first-order valence-electron chi connectivity index (χ1n) is 5.87. The summed E-state index contributed by atoms with van der Waals surface area (Å²) < 4.78 is 6.48. The molecule has 1 aromatic heterocycles. The van der Waals surface area contributed by atoms with E-state index in [2.05, 4.69) is 20.9 Å². The number of pyridine rings is 1. The van der Waals surface area contributed by atoms with Gasteiger partial charge in [-0.25, -0.2) is 4.79 Å². The van der Waals surface area contributed by atoms with Gasteiger partial charge in [0, 0.05) is 22.9 Å². The summed E-state index contributed by atoms with van der Waals surface area (Å²) in [6.45, 7) is 0.437. The molecule has 5 heteroatoms. The second kappa shape index (κ2) is 6.86. The van der Waals surface area contributed by atoms with Crippen LogP contribution in [0.1, 0.15) is 11.1 Å². The SMILES string of the molecule is O=C(O)/C=C/c1cc(OCc2ccncc2)ccc1Br. The van der Waals surface area contributed by atoms with E-state index in [4.69, 9.17) is 9.84 Å². The average Bonchev–Trinajstić information content (AvgIpc) is 2.46. The maximum Gasteiger partial charge on any atom is 0.328 e. The fourth-order valence-electron chi connectivity index (χ4n) is 1.55. The Balaban J connectivity index is 2.09. The average molecular weight is 334 g/mol. The largest absolute Gasteiger partial charge is 0.489 e. The molecule has 102 valence electrons. The molecule has 0 fully saturated rings. The highest BCUT2D eigenvalue weighted by atomic mass is 79.9. The number of hydrogen-bond acceptors (Lipinski definition) is 3. The lowest BCUT2D eigenvalue weighted by Crippen LogP contribution is -1.95. The molecule has 0 aliphatic rings. The van der Waals surface area contributed by atoms with Crippen LogP contribution in [0.5, 0.6) is 5.75 Å². The number of rotatable bonds is 5. The molecule has 0 atom stereocenters. The summed E-state index contributed by atoms with van der Waals surface area (Å²) in [7, 11) is 0. The van der Waals surface area contributed by atoms with Gasteiger partial charge < -0.3 is 9.84 Å². The minimum Gasteiger partial charge on any atom is -0.489 e. The van der Waals surface area contributed by atoms with Crippen molar-refractivity contribution in [1.82, 2.24) is 4.98 Å². The van der Waals surface area contributed by atoms with Crippen LogP contribution in [0.3, 0.4) is 0 Å². The smallest absolute Gasteiger partial charge is 0.328 e. The quantitative estimate of drug-likeness (QED) is 0.850. The number of benzene rings is 1. The van der Waals surface area contributed by atoms with Crippen LogP contribution in [0.25, 0.3) is 6.08 Å². The van der Waals surface area contributed by atoms with Crippen LogP contribution in [0, 0.1) is 0 Å². The molecule has 0 spiro atoms. The molecule has 0 aliphatic carbocycles. The lowest BCUT2D eigenvalue weighted by molar-refractivity contribution is -0.131. The number of hydrogen-bond donors (Lipinski definition) is 1. The molecule has 0 radical (unpaired) electrons. The molecule has 0 saturated carbocycles. The number of aliphatic carboxylic acids is 1. The highest BCUT2D eigenvalue weighted by molar-refractivity contribution is 9.10. The molecule has 0 saturated heterocycles. The molecular formula is C15H12BrNO3. The summed E-state index contributed by atoms with van der Waals surface area (Å²) in [6.07, 6.45) is 6.03. The van der Waals surface area contributed by atoms with E-state index < -0.39 is 5.97 Å². The van der Waals surface area contributed by atoms with E-state index in [1.54, 1.807) is 18.5 Å². The van der Waals surface area contributed by atoms with Crippen molar-refractivity contribution in [1.29, 1.82) is 0 Å². The molecule has 2 aromatic rings. The Morgan fingerprint density at radius 1 is 1.30 bits per heavy atom. The second-order valence-corrected chi connectivity index (χ2v) is 4.85. The van der Waals surface area contributed by atoms with Crippen LogP contribution < -0.4 is 4.74 Å². The zero-order valence-electron chi connectivity index (χ0n) is 10.5. The Bertz CT molecular complexity index is 626. The highest BCUT2D eigenvalue weighted by Gasteiger charge is 2.01. The summed E-state index contributed by atoms with van der Waals surface area (Å²) in [4.78, 5) is 14.5. The predicted molar refractivity (Wildman–Crippen MR) is 79.4 cm³/mol. The number of nitrogens with zero attached hydrogens (tertiary/aromatic N) is 1. The van der Waals surface area contributed by atoms with Crippen molar-refractivity contribution in [3.63, 3.8) is 0 Å². The molecule has 20 heavy (non-hydrogen) atoms. The molecule has 0 unspecified atom stereocenters. The Hall–Kier alpha value is -2.14. The lowest BCUT2D eigenvalue weighted by atomic mass is 10.2. The van der Waals surface area contributed by atoms with Crippen molar-refractivity contribution in [3.8, 4) is 5.75 Å². The molecule has 4 nitrogen and oxygen atoms in total. The summed E-state index contributed by atoms with van der Waals surface area (Å²) >= 11 is 3.37. The number of carboxylic acids is 1. The first-order chi connectivity index (χ1) is 9.65. The van der Waals surface area contributed by atoms with E-state index >= 15 is 0 Å². The van der Waals surface area contributed by atoms with Crippen LogP contribution >= 0.6 is 15.9 Å². The minimum atomic E-state index is -0.986. The normalized spacial score (nSPS) is 10.7. The van der Waals surface area contributed by atoms with Crippen LogP contribution in [0.4, 0.5) is 0 Å². The van der Waals surface area contributed by atoms with Crippen LogP contribution in [0.2, 0.25) is 0 Å². The minimum absolute atomic E-state index is 0.437.